The van der Waals surface area contributed by atoms with Crippen molar-refractivity contribution in [3.05, 3.63) is 212 Å². The molecule has 0 atom stereocenters. The molecule has 0 aliphatic carbocycles. The highest BCUT2D eigenvalue weighted by Crippen LogP contribution is 2.47. The third kappa shape index (κ3) is 5.66. The molecular weight excluding hydrogens is 751 g/mol. The molecule has 0 N–H and O–H groups in total. The number of rotatable bonds is 6. The van der Waals surface area contributed by atoms with Gasteiger partial charge in [-0.1, -0.05) is 182 Å². The maximum atomic E-state index is 2.43. The van der Waals surface area contributed by atoms with Crippen LogP contribution in [0.1, 0.15) is 0 Å². The predicted octanol–water partition coefficient (Wildman–Crippen LogP) is 17.2. The molecule has 3 heteroatoms. The van der Waals surface area contributed by atoms with Crippen molar-refractivity contribution in [1.82, 2.24) is 0 Å². The summed E-state index contributed by atoms with van der Waals surface area (Å²) in [5.41, 5.74) is 10.8. The van der Waals surface area contributed by atoms with Crippen LogP contribution in [0.25, 0.3) is 95.3 Å². The Morgan fingerprint density at radius 1 is 0.254 bits per heavy atom. The monoisotopic (exact) mass is 785 g/mol. The zero-order chi connectivity index (χ0) is 38.9. The van der Waals surface area contributed by atoms with E-state index in [9.17, 15) is 0 Å². The largest absolute Gasteiger partial charge is 0.309 e. The zero-order valence-corrected chi connectivity index (χ0v) is 33.6. The molecule has 0 saturated heterocycles. The quantitative estimate of drug-likeness (QED) is 0.162. The molecule has 12 rings (SSSR count). The van der Waals surface area contributed by atoms with Crippen LogP contribution in [0.3, 0.4) is 0 Å². The molecule has 0 amide bonds. The van der Waals surface area contributed by atoms with Crippen LogP contribution in [0.2, 0.25) is 0 Å². The molecule has 2 aromatic heterocycles. The lowest BCUT2D eigenvalue weighted by Crippen LogP contribution is -2.10. The summed E-state index contributed by atoms with van der Waals surface area (Å²) >= 11 is 3.81. The second-order valence-electron chi connectivity index (χ2n) is 15.2. The number of nitrogens with zero attached hydrogens (tertiary/aromatic N) is 1. The summed E-state index contributed by atoms with van der Waals surface area (Å²) in [4.78, 5) is 2.43. The molecule has 10 aromatic carbocycles. The van der Waals surface area contributed by atoms with Gasteiger partial charge in [0.1, 0.15) is 0 Å². The van der Waals surface area contributed by atoms with Crippen LogP contribution in [0.5, 0.6) is 0 Å². The van der Waals surface area contributed by atoms with Gasteiger partial charge in [0.2, 0.25) is 0 Å². The summed E-state index contributed by atoms with van der Waals surface area (Å²) in [6.07, 6.45) is 0. The van der Waals surface area contributed by atoms with E-state index in [-0.39, 0.29) is 0 Å². The number of benzene rings is 10. The first-order valence-corrected chi connectivity index (χ1v) is 21.7. The van der Waals surface area contributed by atoms with Crippen molar-refractivity contribution >= 4 is 102 Å². The summed E-state index contributed by atoms with van der Waals surface area (Å²) in [5, 5.41) is 10.5. The van der Waals surface area contributed by atoms with Crippen molar-refractivity contribution < 1.29 is 0 Å². The lowest BCUT2D eigenvalue weighted by atomic mass is 9.98. The van der Waals surface area contributed by atoms with Gasteiger partial charge in [-0.2, -0.15) is 0 Å². The van der Waals surface area contributed by atoms with Gasteiger partial charge in [-0.3, -0.25) is 0 Å². The van der Waals surface area contributed by atoms with Gasteiger partial charge in [0.25, 0.3) is 0 Å². The van der Waals surface area contributed by atoms with Gasteiger partial charge < -0.3 is 4.90 Å². The molecule has 0 fully saturated rings. The fourth-order valence-corrected chi connectivity index (χ4v) is 11.7. The van der Waals surface area contributed by atoms with E-state index in [1.165, 1.54) is 101 Å². The Bertz CT molecular complexity index is 3520. The van der Waals surface area contributed by atoms with Crippen LogP contribution in [0.15, 0.2) is 212 Å². The van der Waals surface area contributed by atoms with Crippen LogP contribution >= 0.6 is 22.7 Å². The van der Waals surface area contributed by atoms with E-state index in [1.807, 2.05) is 22.7 Å². The van der Waals surface area contributed by atoms with E-state index in [4.69, 9.17) is 0 Å². The standard InChI is InChI=1S/C56H35NS2/c1-2-10-36(11-3-1)38-24-30-43(31-25-38)57(52-19-9-18-49-51-35-29-41-13-5-7-15-46(41)55(51)59-56(49)52)44-32-26-39(27-33-44)37-20-22-42(23-21-37)47-16-8-17-48-50-34-28-40-12-4-6-14-45(40)54(50)58-53(47)48/h1-35H. The highest BCUT2D eigenvalue weighted by atomic mass is 32.1. The second-order valence-corrected chi connectivity index (χ2v) is 17.3. The van der Waals surface area contributed by atoms with Crippen molar-refractivity contribution in [3.8, 4) is 33.4 Å². The maximum Gasteiger partial charge on any atom is 0.0640 e. The van der Waals surface area contributed by atoms with E-state index in [2.05, 4.69) is 217 Å². The summed E-state index contributed by atoms with van der Waals surface area (Å²) in [5.74, 6) is 0. The van der Waals surface area contributed by atoms with Crippen molar-refractivity contribution in [2.75, 3.05) is 4.90 Å². The fourth-order valence-electron chi connectivity index (χ4n) is 8.95. The SMILES string of the molecule is c1ccc(-c2ccc(N(c3ccc(-c4ccc(-c5cccc6c5sc5c7ccccc7ccc65)cc4)cc3)c3cccc4c3sc3c5ccccc5ccc43)cc2)cc1. The second kappa shape index (κ2) is 13.8. The molecule has 59 heavy (non-hydrogen) atoms. The molecule has 0 spiro atoms. The Morgan fingerprint density at radius 3 is 1.27 bits per heavy atom. The van der Waals surface area contributed by atoms with Crippen molar-refractivity contribution in [1.29, 1.82) is 0 Å². The summed E-state index contributed by atoms with van der Waals surface area (Å²) in [6.45, 7) is 0. The van der Waals surface area contributed by atoms with Gasteiger partial charge in [-0.05, 0) is 85.3 Å². The molecule has 0 aliphatic heterocycles. The average molecular weight is 786 g/mol. The molecule has 0 bridgehead atoms. The Labute approximate surface area is 350 Å². The Balaban J connectivity index is 0.935. The van der Waals surface area contributed by atoms with Crippen LogP contribution in [-0.4, -0.2) is 0 Å². The van der Waals surface area contributed by atoms with Gasteiger partial charge in [0, 0.05) is 47.0 Å². The lowest BCUT2D eigenvalue weighted by Gasteiger charge is -2.26. The van der Waals surface area contributed by atoms with Crippen LogP contribution in [0, 0.1) is 0 Å². The normalized spacial score (nSPS) is 11.7. The molecule has 12 aromatic rings. The zero-order valence-electron chi connectivity index (χ0n) is 32.0. The molecule has 0 radical (unpaired) electrons. The highest BCUT2D eigenvalue weighted by molar-refractivity contribution is 7.27. The van der Waals surface area contributed by atoms with Crippen LogP contribution < -0.4 is 4.90 Å². The minimum atomic E-state index is 1.12. The Morgan fingerprint density at radius 2 is 0.678 bits per heavy atom. The predicted molar refractivity (Wildman–Crippen MR) is 258 cm³/mol. The Kier molecular flexibility index (Phi) is 7.97. The van der Waals surface area contributed by atoms with Gasteiger partial charge in [0.05, 0.1) is 10.4 Å². The van der Waals surface area contributed by atoms with Gasteiger partial charge in [-0.15, -0.1) is 22.7 Å². The van der Waals surface area contributed by atoms with E-state index in [0.717, 1.165) is 11.4 Å². The molecule has 2 heterocycles. The highest BCUT2D eigenvalue weighted by Gasteiger charge is 2.20. The molecule has 0 unspecified atom stereocenters. The van der Waals surface area contributed by atoms with Crippen molar-refractivity contribution in [2.24, 2.45) is 0 Å². The van der Waals surface area contributed by atoms with Crippen molar-refractivity contribution in [2.45, 2.75) is 0 Å². The summed E-state index contributed by atoms with van der Waals surface area (Å²) in [7, 11) is 0. The fraction of sp³-hybridized carbons (Fsp3) is 0. The van der Waals surface area contributed by atoms with Gasteiger partial charge in [0.15, 0.2) is 0 Å². The topological polar surface area (TPSA) is 3.24 Å². The average Bonchev–Trinajstić information content (AvgIpc) is 3.90. The van der Waals surface area contributed by atoms with E-state index >= 15 is 0 Å². The van der Waals surface area contributed by atoms with Gasteiger partial charge >= 0.3 is 0 Å². The molecule has 1 nitrogen and oxygen atoms in total. The summed E-state index contributed by atoms with van der Waals surface area (Å²) in [6, 6.07) is 77.9. The summed E-state index contributed by atoms with van der Waals surface area (Å²) < 4.78 is 5.32. The van der Waals surface area contributed by atoms with Gasteiger partial charge in [-0.25, -0.2) is 0 Å². The minimum absolute atomic E-state index is 1.12. The molecule has 0 saturated carbocycles. The lowest BCUT2D eigenvalue weighted by molar-refractivity contribution is 1.30. The number of hydrogen-bond acceptors (Lipinski definition) is 3. The first kappa shape index (κ1) is 34.0. The van der Waals surface area contributed by atoms with E-state index < -0.39 is 0 Å². The first-order valence-electron chi connectivity index (χ1n) is 20.1. The minimum Gasteiger partial charge on any atom is -0.309 e. The third-order valence-corrected chi connectivity index (χ3v) is 14.5. The van der Waals surface area contributed by atoms with Crippen LogP contribution in [-0.2, 0) is 0 Å². The van der Waals surface area contributed by atoms with Crippen LogP contribution in [0.4, 0.5) is 17.1 Å². The Hall–Kier alpha value is -7.04. The first-order chi connectivity index (χ1) is 29.2. The number of hydrogen-bond donors (Lipinski definition) is 0. The van der Waals surface area contributed by atoms with E-state index in [0.29, 0.717) is 0 Å². The molecular formula is C56H35NS2. The molecule has 0 aliphatic rings. The third-order valence-electron chi connectivity index (χ3n) is 11.9. The smallest absolute Gasteiger partial charge is 0.0640 e. The number of fused-ring (bicyclic) bond motifs is 10. The van der Waals surface area contributed by atoms with Crippen molar-refractivity contribution in [3.63, 3.8) is 0 Å². The number of anilines is 3. The maximum absolute atomic E-state index is 2.43. The molecule has 276 valence electrons. The number of thiophene rings is 2. The van der Waals surface area contributed by atoms with E-state index in [1.54, 1.807) is 0 Å².